The van der Waals surface area contributed by atoms with E-state index in [0.29, 0.717) is 13.1 Å². The molecule has 0 heterocycles. The highest BCUT2D eigenvalue weighted by atomic mass is 16.3. The van der Waals surface area contributed by atoms with Gasteiger partial charge in [0.15, 0.2) is 0 Å². The quantitative estimate of drug-likeness (QED) is 0.429. The molecule has 0 aliphatic rings. The van der Waals surface area contributed by atoms with E-state index in [4.69, 9.17) is 5.11 Å². The first-order chi connectivity index (χ1) is 9.60. The minimum absolute atomic E-state index is 0.224. The third-order valence-electron chi connectivity index (χ3n) is 3.65. The molecule has 4 nitrogen and oxygen atoms in total. The first-order valence-corrected chi connectivity index (χ1v) is 8.25. The van der Waals surface area contributed by atoms with Crippen molar-refractivity contribution in [3.63, 3.8) is 0 Å². The molecule has 2 unspecified atom stereocenters. The maximum Gasteiger partial charge on any atom is 0.0897 e. The molecular formula is C16H35NO3. The molecule has 0 radical (unpaired) electrons. The van der Waals surface area contributed by atoms with Gasteiger partial charge in [-0.05, 0) is 13.5 Å². The number of nitrogens with zero attached hydrogens (tertiary/aromatic N) is 1. The second-order valence-corrected chi connectivity index (χ2v) is 5.97. The number of hydrogen-bond donors (Lipinski definition) is 3. The van der Waals surface area contributed by atoms with Crippen LogP contribution in [0.25, 0.3) is 0 Å². The molecule has 0 saturated heterocycles. The summed E-state index contributed by atoms with van der Waals surface area (Å²) >= 11 is 0. The maximum atomic E-state index is 9.89. The highest BCUT2D eigenvalue weighted by Crippen LogP contribution is 2.11. The van der Waals surface area contributed by atoms with Crippen LogP contribution in [0.3, 0.4) is 0 Å². The molecule has 0 aromatic heterocycles. The smallest absolute Gasteiger partial charge is 0.0897 e. The molecule has 0 rings (SSSR count). The topological polar surface area (TPSA) is 63.9 Å². The molecule has 0 aromatic rings. The number of hydrogen-bond acceptors (Lipinski definition) is 4. The van der Waals surface area contributed by atoms with Crippen LogP contribution in [0.1, 0.15) is 64.7 Å². The lowest BCUT2D eigenvalue weighted by molar-refractivity contribution is 0.0471. The molecule has 3 N–H and O–H groups in total. The summed E-state index contributed by atoms with van der Waals surface area (Å²) in [5.74, 6) is 0. The molecule has 4 heteroatoms. The van der Waals surface area contributed by atoms with Crippen molar-refractivity contribution >= 4 is 0 Å². The van der Waals surface area contributed by atoms with E-state index in [1.54, 1.807) is 0 Å². The second kappa shape index (κ2) is 13.8. The SMILES string of the molecule is CCCCCCCCCCC(O)CN(C)CC(O)CO. The molecule has 0 aliphatic carbocycles. The predicted octanol–water partition coefficient (Wildman–Crippen LogP) is 2.16. The Kier molecular flexibility index (Phi) is 13.7. The highest BCUT2D eigenvalue weighted by Gasteiger charge is 2.11. The summed E-state index contributed by atoms with van der Waals surface area (Å²) in [6, 6.07) is 0. The summed E-state index contributed by atoms with van der Waals surface area (Å²) in [7, 11) is 1.86. The Morgan fingerprint density at radius 3 is 1.85 bits per heavy atom. The third-order valence-corrected chi connectivity index (χ3v) is 3.65. The number of rotatable bonds is 14. The van der Waals surface area contributed by atoms with E-state index < -0.39 is 6.10 Å². The van der Waals surface area contributed by atoms with Crippen molar-refractivity contribution in [2.75, 3.05) is 26.7 Å². The summed E-state index contributed by atoms with van der Waals surface area (Å²) < 4.78 is 0. The van der Waals surface area contributed by atoms with Gasteiger partial charge in [0.25, 0.3) is 0 Å². The first kappa shape index (κ1) is 19.8. The van der Waals surface area contributed by atoms with Crippen LogP contribution in [0.2, 0.25) is 0 Å². The molecule has 20 heavy (non-hydrogen) atoms. The van der Waals surface area contributed by atoms with Gasteiger partial charge in [-0.25, -0.2) is 0 Å². The standard InChI is InChI=1S/C16H35NO3/c1-3-4-5-6-7-8-9-10-11-15(19)12-17(2)13-16(20)14-18/h15-16,18-20H,3-14H2,1-2H3. The van der Waals surface area contributed by atoms with Crippen LogP contribution in [0.4, 0.5) is 0 Å². The maximum absolute atomic E-state index is 9.89. The summed E-state index contributed by atoms with van der Waals surface area (Å²) in [5.41, 5.74) is 0. The normalized spacial score (nSPS) is 14.7. The summed E-state index contributed by atoms with van der Waals surface area (Å²) in [4.78, 5) is 1.87. The highest BCUT2D eigenvalue weighted by molar-refractivity contribution is 4.65. The van der Waals surface area contributed by atoms with Crippen LogP contribution in [-0.4, -0.2) is 59.2 Å². The lowest BCUT2D eigenvalue weighted by atomic mass is 10.1. The molecule has 122 valence electrons. The van der Waals surface area contributed by atoms with E-state index in [1.807, 2.05) is 11.9 Å². The molecule has 0 bridgehead atoms. The third kappa shape index (κ3) is 12.9. The molecule has 0 amide bonds. The second-order valence-electron chi connectivity index (χ2n) is 5.97. The largest absolute Gasteiger partial charge is 0.394 e. The Labute approximate surface area is 124 Å². The Bertz CT molecular complexity index is 202. The number of unbranched alkanes of at least 4 members (excludes halogenated alkanes) is 7. The van der Waals surface area contributed by atoms with E-state index in [0.717, 1.165) is 12.8 Å². The van der Waals surface area contributed by atoms with Crippen molar-refractivity contribution in [1.82, 2.24) is 4.90 Å². The molecular weight excluding hydrogens is 254 g/mol. The molecule has 0 saturated carbocycles. The number of likely N-dealkylation sites (N-methyl/N-ethyl adjacent to an activating group) is 1. The van der Waals surface area contributed by atoms with E-state index in [-0.39, 0.29) is 12.7 Å². The van der Waals surface area contributed by atoms with Crippen molar-refractivity contribution in [2.24, 2.45) is 0 Å². The van der Waals surface area contributed by atoms with Crippen molar-refractivity contribution in [3.05, 3.63) is 0 Å². The van der Waals surface area contributed by atoms with Gasteiger partial charge in [0.1, 0.15) is 0 Å². The summed E-state index contributed by atoms with van der Waals surface area (Å²) in [6.45, 7) is 2.98. The molecule has 0 spiro atoms. The van der Waals surface area contributed by atoms with Crippen LogP contribution >= 0.6 is 0 Å². The fraction of sp³-hybridized carbons (Fsp3) is 1.00. The molecule has 0 aliphatic heterocycles. The van der Waals surface area contributed by atoms with Crippen molar-refractivity contribution < 1.29 is 15.3 Å². The number of aliphatic hydroxyl groups excluding tert-OH is 3. The Morgan fingerprint density at radius 2 is 1.30 bits per heavy atom. The zero-order chi connectivity index (χ0) is 15.2. The first-order valence-electron chi connectivity index (χ1n) is 8.25. The van der Waals surface area contributed by atoms with Gasteiger partial charge in [0, 0.05) is 13.1 Å². The Hall–Kier alpha value is -0.160. The van der Waals surface area contributed by atoms with E-state index in [2.05, 4.69) is 6.92 Å². The predicted molar refractivity (Wildman–Crippen MR) is 83.8 cm³/mol. The minimum Gasteiger partial charge on any atom is -0.394 e. The monoisotopic (exact) mass is 289 g/mol. The van der Waals surface area contributed by atoms with Crippen LogP contribution < -0.4 is 0 Å². The van der Waals surface area contributed by atoms with Crippen molar-refractivity contribution in [3.8, 4) is 0 Å². The van der Waals surface area contributed by atoms with E-state index >= 15 is 0 Å². The zero-order valence-electron chi connectivity index (χ0n) is 13.4. The minimum atomic E-state index is -0.713. The van der Waals surface area contributed by atoms with E-state index in [9.17, 15) is 10.2 Å². The van der Waals surface area contributed by atoms with Crippen molar-refractivity contribution in [2.45, 2.75) is 76.9 Å². The van der Waals surface area contributed by atoms with Crippen LogP contribution in [0.15, 0.2) is 0 Å². The average molecular weight is 289 g/mol. The average Bonchev–Trinajstić information content (AvgIpc) is 2.41. The Balaban J connectivity index is 3.37. The fourth-order valence-electron chi connectivity index (χ4n) is 2.46. The van der Waals surface area contributed by atoms with Gasteiger partial charge in [0.2, 0.25) is 0 Å². The van der Waals surface area contributed by atoms with Gasteiger partial charge < -0.3 is 20.2 Å². The van der Waals surface area contributed by atoms with Gasteiger partial charge in [-0.2, -0.15) is 0 Å². The van der Waals surface area contributed by atoms with Gasteiger partial charge >= 0.3 is 0 Å². The lowest BCUT2D eigenvalue weighted by Crippen LogP contribution is -2.36. The van der Waals surface area contributed by atoms with Crippen LogP contribution in [0.5, 0.6) is 0 Å². The van der Waals surface area contributed by atoms with Gasteiger partial charge in [-0.1, -0.05) is 58.3 Å². The van der Waals surface area contributed by atoms with Crippen LogP contribution in [-0.2, 0) is 0 Å². The Morgan fingerprint density at radius 1 is 0.800 bits per heavy atom. The zero-order valence-corrected chi connectivity index (χ0v) is 13.4. The fourth-order valence-corrected chi connectivity index (χ4v) is 2.46. The molecule has 0 fully saturated rings. The van der Waals surface area contributed by atoms with Gasteiger partial charge in [-0.3, -0.25) is 0 Å². The molecule has 2 atom stereocenters. The van der Waals surface area contributed by atoms with Crippen LogP contribution in [0, 0.1) is 0 Å². The lowest BCUT2D eigenvalue weighted by Gasteiger charge is -2.22. The van der Waals surface area contributed by atoms with Gasteiger partial charge in [0.05, 0.1) is 18.8 Å². The molecule has 0 aromatic carbocycles. The summed E-state index contributed by atoms with van der Waals surface area (Å²) in [5, 5.41) is 28.0. The summed E-state index contributed by atoms with van der Waals surface area (Å²) in [6.07, 6.45) is 10.0. The van der Waals surface area contributed by atoms with Gasteiger partial charge in [-0.15, -0.1) is 0 Å². The number of aliphatic hydroxyl groups is 3. The van der Waals surface area contributed by atoms with E-state index in [1.165, 1.54) is 44.9 Å². The van der Waals surface area contributed by atoms with Crippen molar-refractivity contribution in [1.29, 1.82) is 0 Å².